The third-order valence-corrected chi connectivity index (χ3v) is 3.49. The van der Waals surface area contributed by atoms with Gasteiger partial charge >= 0.3 is 5.97 Å². The lowest BCUT2D eigenvalue weighted by atomic mass is 10.1. The molecule has 1 unspecified atom stereocenters. The summed E-state index contributed by atoms with van der Waals surface area (Å²) in [6, 6.07) is 4.77. The third kappa shape index (κ3) is 3.48. The van der Waals surface area contributed by atoms with Gasteiger partial charge in [0.1, 0.15) is 17.7 Å². The molecule has 4 nitrogen and oxygen atoms in total. The Bertz CT molecular complexity index is 490. The normalized spacial score (nSPS) is 17.2. The zero-order valence-corrected chi connectivity index (χ0v) is 12.1. The van der Waals surface area contributed by atoms with Crippen LogP contribution >= 0.6 is 0 Å². The molecule has 0 saturated carbocycles. The molecule has 110 valence electrons. The average molecular weight is 281 g/mol. The van der Waals surface area contributed by atoms with Crippen LogP contribution in [-0.2, 0) is 16.0 Å². The number of hydrogen-bond donors (Lipinski definition) is 0. The maximum Gasteiger partial charge on any atom is 0.319 e. The summed E-state index contributed by atoms with van der Waals surface area (Å²) in [6.45, 7) is 4.89. The van der Waals surface area contributed by atoms with E-state index in [0.29, 0.717) is 13.0 Å². The number of ether oxygens (including phenoxy) is 2. The van der Waals surface area contributed by atoms with E-state index in [2.05, 4.69) is 0 Å². The lowest BCUT2D eigenvalue weighted by Crippen LogP contribution is -2.42. The van der Waals surface area contributed by atoms with E-state index < -0.39 is 0 Å². The van der Waals surface area contributed by atoms with Crippen molar-refractivity contribution in [1.29, 1.82) is 0 Å². The lowest BCUT2D eigenvalue weighted by Gasteiger charge is -2.27. The Balaban J connectivity index is 1.98. The van der Waals surface area contributed by atoms with Gasteiger partial charge in [0.2, 0.25) is 0 Å². The van der Waals surface area contributed by atoms with Gasteiger partial charge in [0.25, 0.3) is 0 Å². The lowest BCUT2D eigenvalue weighted by molar-refractivity contribution is -0.142. The van der Waals surface area contributed by atoms with E-state index in [4.69, 9.17) is 9.47 Å². The van der Waals surface area contributed by atoms with Gasteiger partial charge in [-0.25, -0.2) is 4.39 Å². The first kappa shape index (κ1) is 14.8. The van der Waals surface area contributed by atoms with Gasteiger partial charge in [-0.2, -0.15) is 0 Å². The van der Waals surface area contributed by atoms with Crippen LogP contribution in [0, 0.1) is 5.82 Å². The van der Waals surface area contributed by atoms with Crippen LogP contribution < -0.4 is 4.74 Å². The highest BCUT2D eigenvalue weighted by Gasteiger charge is 2.27. The molecule has 0 bridgehead atoms. The van der Waals surface area contributed by atoms with Crippen LogP contribution in [0.15, 0.2) is 18.2 Å². The molecule has 1 aromatic carbocycles. The maximum atomic E-state index is 13.2. The van der Waals surface area contributed by atoms with Crippen LogP contribution in [0.4, 0.5) is 4.39 Å². The molecule has 5 heteroatoms. The molecular formula is C15H20FNO3. The summed E-state index contributed by atoms with van der Waals surface area (Å²) >= 11 is 0. The third-order valence-electron chi connectivity index (χ3n) is 3.49. The largest absolute Gasteiger partial charge is 0.488 e. The van der Waals surface area contributed by atoms with Crippen LogP contribution in [-0.4, -0.2) is 43.2 Å². The fourth-order valence-corrected chi connectivity index (χ4v) is 2.34. The molecule has 1 heterocycles. The van der Waals surface area contributed by atoms with Gasteiger partial charge < -0.3 is 9.47 Å². The minimum Gasteiger partial charge on any atom is -0.488 e. The summed E-state index contributed by atoms with van der Waals surface area (Å²) in [4.78, 5) is 13.4. The molecule has 0 aromatic heterocycles. The Morgan fingerprint density at radius 3 is 2.95 bits per heavy atom. The maximum absolute atomic E-state index is 13.2. The minimum absolute atomic E-state index is 0.0566. The van der Waals surface area contributed by atoms with Gasteiger partial charge in [0, 0.05) is 24.6 Å². The predicted molar refractivity (Wildman–Crippen MR) is 73.2 cm³/mol. The highest BCUT2D eigenvalue weighted by molar-refractivity contribution is 5.71. The summed E-state index contributed by atoms with van der Waals surface area (Å²) in [5.41, 5.74) is 0.886. The number of halogens is 1. The number of benzene rings is 1. The summed E-state index contributed by atoms with van der Waals surface area (Å²) in [6.07, 6.45) is 0.608. The fraction of sp³-hybridized carbons (Fsp3) is 0.533. The summed E-state index contributed by atoms with van der Waals surface area (Å²) in [7, 11) is 1.38. The Labute approximate surface area is 118 Å². The Kier molecular flexibility index (Phi) is 4.60. The quantitative estimate of drug-likeness (QED) is 0.774. The van der Waals surface area contributed by atoms with Gasteiger partial charge in [-0.1, -0.05) is 0 Å². The minimum atomic E-state index is -0.264. The van der Waals surface area contributed by atoms with E-state index in [1.54, 1.807) is 6.07 Å². The molecule has 1 aliphatic heterocycles. The van der Waals surface area contributed by atoms with Crippen molar-refractivity contribution in [2.24, 2.45) is 0 Å². The fourth-order valence-electron chi connectivity index (χ4n) is 2.34. The van der Waals surface area contributed by atoms with E-state index in [0.717, 1.165) is 11.3 Å². The van der Waals surface area contributed by atoms with E-state index in [-0.39, 0.29) is 30.5 Å². The van der Waals surface area contributed by atoms with Gasteiger partial charge in [0.05, 0.1) is 13.7 Å². The number of carbonyl (C=O) groups excluding carboxylic acids is 1. The van der Waals surface area contributed by atoms with E-state index in [1.165, 1.54) is 19.2 Å². The topological polar surface area (TPSA) is 38.8 Å². The predicted octanol–water partition coefficient (Wildman–Crippen LogP) is 2.01. The number of methoxy groups -OCH3 is 1. The second-order valence-electron chi connectivity index (χ2n) is 5.30. The second kappa shape index (κ2) is 6.22. The molecule has 2 rings (SSSR count). The molecule has 1 aliphatic rings. The molecule has 0 radical (unpaired) electrons. The summed E-state index contributed by atoms with van der Waals surface area (Å²) in [5.74, 6) is 0.224. The molecule has 0 N–H and O–H groups in total. The van der Waals surface area contributed by atoms with E-state index >= 15 is 0 Å². The molecule has 1 atom stereocenters. The molecular weight excluding hydrogens is 261 g/mol. The monoisotopic (exact) mass is 281 g/mol. The van der Waals surface area contributed by atoms with Crippen molar-refractivity contribution in [2.45, 2.75) is 32.4 Å². The zero-order chi connectivity index (χ0) is 14.7. The number of nitrogens with zero attached hydrogens (tertiary/aromatic N) is 1. The van der Waals surface area contributed by atoms with Gasteiger partial charge in [-0.05, 0) is 32.0 Å². The van der Waals surface area contributed by atoms with E-state index in [9.17, 15) is 9.18 Å². The van der Waals surface area contributed by atoms with Crippen molar-refractivity contribution in [3.63, 3.8) is 0 Å². The summed E-state index contributed by atoms with van der Waals surface area (Å²) in [5, 5.41) is 0. The zero-order valence-electron chi connectivity index (χ0n) is 12.1. The molecule has 0 aliphatic carbocycles. The Morgan fingerprint density at radius 2 is 2.30 bits per heavy atom. The smallest absolute Gasteiger partial charge is 0.319 e. The molecule has 0 saturated heterocycles. The first-order valence-corrected chi connectivity index (χ1v) is 6.75. The van der Waals surface area contributed by atoms with Crippen molar-refractivity contribution < 1.29 is 18.7 Å². The molecule has 0 amide bonds. The molecule has 1 aromatic rings. The summed E-state index contributed by atoms with van der Waals surface area (Å²) < 4.78 is 23.7. The van der Waals surface area contributed by atoms with Crippen molar-refractivity contribution >= 4 is 5.97 Å². The molecule has 20 heavy (non-hydrogen) atoms. The molecule has 0 spiro atoms. The Hall–Kier alpha value is -1.62. The van der Waals surface area contributed by atoms with Crippen LogP contribution in [0.2, 0.25) is 0 Å². The number of hydrogen-bond acceptors (Lipinski definition) is 4. The molecule has 0 fully saturated rings. The van der Waals surface area contributed by atoms with E-state index in [1.807, 2.05) is 18.7 Å². The Morgan fingerprint density at radius 1 is 1.55 bits per heavy atom. The van der Waals surface area contributed by atoms with Crippen LogP contribution in [0.25, 0.3) is 0 Å². The number of fused-ring (bicyclic) bond motifs is 1. The van der Waals surface area contributed by atoms with Gasteiger partial charge in [0.15, 0.2) is 0 Å². The second-order valence-corrected chi connectivity index (χ2v) is 5.30. The van der Waals surface area contributed by atoms with Crippen molar-refractivity contribution in [3.05, 3.63) is 29.6 Å². The number of carbonyl (C=O) groups is 1. The average Bonchev–Trinajstić information content (AvgIpc) is 2.79. The standard InChI is InChI=1S/C15H20FNO3/c1-10(2)17(9-15(18)19-3)8-13-7-11-6-12(16)4-5-14(11)20-13/h4-6,10,13H,7-9H2,1-3H3. The first-order valence-electron chi connectivity index (χ1n) is 6.75. The van der Waals surface area contributed by atoms with Crippen LogP contribution in [0.3, 0.4) is 0 Å². The highest BCUT2D eigenvalue weighted by atomic mass is 19.1. The van der Waals surface area contributed by atoms with Crippen molar-refractivity contribution in [3.8, 4) is 5.75 Å². The number of rotatable bonds is 5. The SMILES string of the molecule is COC(=O)CN(CC1Cc2cc(F)ccc2O1)C(C)C. The number of esters is 1. The highest BCUT2D eigenvalue weighted by Crippen LogP contribution is 2.29. The van der Waals surface area contributed by atoms with Crippen molar-refractivity contribution in [1.82, 2.24) is 4.90 Å². The van der Waals surface area contributed by atoms with Crippen molar-refractivity contribution in [2.75, 3.05) is 20.2 Å². The van der Waals surface area contributed by atoms with Crippen LogP contribution in [0.5, 0.6) is 5.75 Å². The van der Waals surface area contributed by atoms with Gasteiger partial charge in [-0.3, -0.25) is 9.69 Å². The van der Waals surface area contributed by atoms with Crippen LogP contribution in [0.1, 0.15) is 19.4 Å². The first-order chi connectivity index (χ1) is 9.49. The van der Waals surface area contributed by atoms with Gasteiger partial charge in [-0.15, -0.1) is 0 Å².